The van der Waals surface area contributed by atoms with Gasteiger partial charge >= 0.3 is 0 Å². The molecule has 0 amide bonds. The summed E-state index contributed by atoms with van der Waals surface area (Å²) in [6, 6.07) is 10.1. The molecule has 0 atom stereocenters. The highest BCUT2D eigenvalue weighted by Gasteiger charge is 2.08. The van der Waals surface area contributed by atoms with Gasteiger partial charge in [0.05, 0.1) is 25.4 Å². The molecule has 2 heterocycles. The Hall–Kier alpha value is -2.98. The third-order valence-electron chi connectivity index (χ3n) is 3.03. The van der Waals surface area contributed by atoms with Gasteiger partial charge in [-0.15, -0.1) is 0 Å². The van der Waals surface area contributed by atoms with Crippen molar-refractivity contribution in [2.24, 2.45) is 0 Å². The summed E-state index contributed by atoms with van der Waals surface area (Å²) >= 11 is 2.70. The van der Waals surface area contributed by atoms with E-state index < -0.39 is 4.92 Å². The normalized spacial score (nSPS) is 10.5. The molecule has 0 fully saturated rings. The number of rotatable bonds is 1. The second kappa shape index (κ2) is 6.26. The zero-order valence-corrected chi connectivity index (χ0v) is 13.8. The van der Waals surface area contributed by atoms with Crippen molar-refractivity contribution in [1.82, 2.24) is 9.97 Å². The Morgan fingerprint density at radius 1 is 0.875 bits per heavy atom. The van der Waals surface area contributed by atoms with Crippen LogP contribution in [0.25, 0.3) is 20.4 Å². The van der Waals surface area contributed by atoms with Crippen molar-refractivity contribution in [3.05, 3.63) is 46.5 Å². The van der Waals surface area contributed by atoms with Gasteiger partial charge in [0.15, 0.2) is 10.3 Å². The monoisotopic (exact) mass is 360 g/mol. The average molecular weight is 360 g/mol. The van der Waals surface area contributed by atoms with Crippen molar-refractivity contribution in [3.8, 4) is 0 Å². The second-order valence-electron chi connectivity index (χ2n) is 4.74. The molecule has 0 aliphatic heterocycles. The number of fused-ring (bicyclic) bond motifs is 2. The smallest absolute Gasteiger partial charge is 0.270 e. The van der Waals surface area contributed by atoms with Crippen LogP contribution >= 0.6 is 22.7 Å². The number of nitro groups is 1. The molecule has 0 aliphatic carbocycles. The van der Waals surface area contributed by atoms with Crippen molar-refractivity contribution in [1.29, 1.82) is 0 Å². The van der Waals surface area contributed by atoms with Crippen molar-refractivity contribution in [3.63, 3.8) is 0 Å². The molecule has 4 aromatic rings. The molecule has 0 saturated heterocycles. The van der Waals surface area contributed by atoms with E-state index in [1.807, 2.05) is 18.2 Å². The van der Waals surface area contributed by atoms with Crippen molar-refractivity contribution < 1.29 is 4.92 Å². The molecule has 0 spiro atoms. The summed E-state index contributed by atoms with van der Waals surface area (Å²) in [7, 11) is 0. The van der Waals surface area contributed by atoms with Gasteiger partial charge in [0.25, 0.3) is 5.69 Å². The summed E-state index contributed by atoms with van der Waals surface area (Å²) in [5.74, 6) is 0. The van der Waals surface area contributed by atoms with Gasteiger partial charge < -0.3 is 17.2 Å². The Bertz CT molecular complexity index is 1040. The molecular weight excluding hydrogens is 348 g/mol. The molecule has 2 aromatic heterocycles. The van der Waals surface area contributed by atoms with Gasteiger partial charge in [0.2, 0.25) is 0 Å². The molecule has 2 aromatic carbocycles. The van der Waals surface area contributed by atoms with Crippen LogP contribution in [0.15, 0.2) is 36.4 Å². The fourth-order valence-corrected chi connectivity index (χ4v) is 3.55. The lowest BCUT2D eigenvalue weighted by molar-refractivity contribution is -0.384. The molecule has 24 heavy (non-hydrogen) atoms. The summed E-state index contributed by atoms with van der Waals surface area (Å²) in [6.45, 7) is 0. The van der Waals surface area contributed by atoms with Gasteiger partial charge in [-0.1, -0.05) is 22.7 Å². The molecular formula is C14H12N6O2S2. The molecule has 0 unspecified atom stereocenters. The van der Waals surface area contributed by atoms with Crippen LogP contribution in [0.4, 0.5) is 21.6 Å². The minimum Gasteiger partial charge on any atom is -0.399 e. The number of nitrogens with zero attached hydrogens (tertiary/aromatic N) is 3. The van der Waals surface area contributed by atoms with E-state index in [1.54, 1.807) is 6.07 Å². The zero-order chi connectivity index (χ0) is 17.3. The largest absolute Gasteiger partial charge is 0.399 e. The van der Waals surface area contributed by atoms with Crippen molar-refractivity contribution >= 4 is 64.7 Å². The van der Waals surface area contributed by atoms with Gasteiger partial charge in [0.1, 0.15) is 0 Å². The average Bonchev–Trinajstić information content (AvgIpc) is 3.06. The topological polar surface area (TPSA) is 147 Å². The van der Waals surface area contributed by atoms with E-state index in [4.69, 9.17) is 17.2 Å². The summed E-state index contributed by atoms with van der Waals surface area (Å²) in [6.07, 6.45) is 0. The highest BCUT2D eigenvalue weighted by atomic mass is 32.1. The van der Waals surface area contributed by atoms with E-state index in [2.05, 4.69) is 9.97 Å². The number of nitrogens with two attached hydrogens (primary N) is 3. The quantitative estimate of drug-likeness (QED) is 0.268. The Kier molecular flexibility index (Phi) is 4.15. The molecule has 4 rings (SSSR count). The number of nitrogen functional groups attached to an aromatic ring is 3. The van der Waals surface area contributed by atoms with Gasteiger partial charge in [-0.05, 0) is 24.3 Å². The standard InChI is InChI=1S/C7H5N3O2S.C7H7N3S/c8-7-9-5-2-1-4(10(11)12)3-6(5)13-7;8-4-1-2-5-6(3-4)11-7(9)10-5/h1-3H,(H2,8,9);1-3H,8H2,(H2,9,10). The van der Waals surface area contributed by atoms with E-state index in [-0.39, 0.29) is 5.69 Å². The Labute approximate surface area is 143 Å². The van der Waals surface area contributed by atoms with Crippen LogP contribution in [0, 0.1) is 10.1 Å². The first-order chi connectivity index (χ1) is 11.4. The van der Waals surface area contributed by atoms with Gasteiger partial charge in [-0.3, -0.25) is 10.1 Å². The van der Waals surface area contributed by atoms with E-state index >= 15 is 0 Å². The molecule has 0 aliphatic rings. The SMILES string of the molecule is Nc1ccc2nc(N)sc2c1.Nc1nc2ccc([N+](=O)[O-])cc2s1. The molecule has 122 valence electrons. The molecule has 6 N–H and O–H groups in total. The third-order valence-corrected chi connectivity index (χ3v) is 4.72. The van der Waals surface area contributed by atoms with Crippen LogP contribution in [-0.2, 0) is 0 Å². The number of anilines is 3. The van der Waals surface area contributed by atoms with E-state index in [1.165, 1.54) is 34.8 Å². The van der Waals surface area contributed by atoms with E-state index in [9.17, 15) is 10.1 Å². The Morgan fingerprint density at radius 2 is 1.42 bits per heavy atom. The molecule has 0 radical (unpaired) electrons. The van der Waals surface area contributed by atoms with Crippen LogP contribution in [0.1, 0.15) is 0 Å². The maximum Gasteiger partial charge on any atom is 0.270 e. The summed E-state index contributed by atoms with van der Waals surface area (Å²) in [5.41, 5.74) is 19.0. The van der Waals surface area contributed by atoms with Crippen molar-refractivity contribution in [2.45, 2.75) is 0 Å². The minimum absolute atomic E-state index is 0.0659. The highest BCUT2D eigenvalue weighted by molar-refractivity contribution is 7.22. The third kappa shape index (κ3) is 3.34. The van der Waals surface area contributed by atoms with Gasteiger partial charge in [-0.2, -0.15) is 0 Å². The number of hydrogen-bond acceptors (Lipinski definition) is 9. The predicted octanol–water partition coefficient (Wildman–Crippen LogP) is 3.25. The number of aromatic nitrogens is 2. The minimum atomic E-state index is -0.435. The summed E-state index contributed by atoms with van der Waals surface area (Å²) < 4.78 is 1.79. The van der Waals surface area contributed by atoms with Crippen LogP contribution in [0.5, 0.6) is 0 Å². The lowest BCUT2D eigenvalue weighted by atomic mass is 10.3. The Morgan fingerprint density at radius 3 is 2.00 bits per heavy atom. The highest BCUT2D eigenvalue weighted by Crippen LogP contribution is 2.27. The first-order valence-corrected chi connectivity index (χ1v) is 8.27. The first kappa shape index (κ1) is 15.9. The second-order valence-corrected chi connectivity index (χ2v) is 6.86. The zero-order valence-electron chi connectivity index (χ0n) is 12.2. The molecule has 8 nitrogen and oxygen atoms in total. The molecule has 0 bridgehead atoms. The lowest BCUT2D eigenvalue weighted by Crippen LogP contribution is -1.85. The number of thiazole rings is 2. The van der Waals surface area contributed by atoms with Crippen LogP contribution < -0.4 is 17.2 Å². The fraction of sp³-hybridized carbons (Fsp3) is 0. The number of nitro benzene ring substituents is 1. The maximum atomic E-state index is 10.4. The summed E-state index contributed by atoms with van der Waals surface area (Å²) in [5, 5.41) is 11.4. The van der Waals surface area contributed by atoms with Gasteiger partial charge in [-0.25, -0.2) is 9.97 Å². The lowest BCUT2D eigenvalue weighted by Gasteiger charge is -1.88. The Balaban J connectivity index is 0.000000143. The van der Waals surface area contributed by atoms with Crippen molar-refractivity contribution in [2.75, 3.05) is 17.2 Å². The fourth-order valence-electron chi connectivity index (χ4n) is 2.00. The van der Waals surface area contributed by atoms with E-state index in [0.717, 1.165) is 20.6 Å². The number of hydrogen-bond donors (Lipinski definition) is 3. The number of non-ortho nitro benzene ring substituents is 1. The van der Waals surface area contributed by atoms with Gasteiger partial charge in [0, 0.05) is 17.8 Å². The van der Waals surface area contributed by atoms with Crippen LogP contribution in [0.2, 0.25) is 0 Å². The number of benzene rings is 2. The van der Waals surface area contributed by atoms with Crippen LogP contribution in [0.3, 0.4) is 0 Å². The summed E-state index contributed by atoms with van der Waals surface area (Å²) in [4.78, 5) is 18.1. The van der Waals surface area contributed by atoms with E-state index in [0.29, 0.717) is 15.8 Å². The molecule has 10 heteroatoms. The van der Waals surface area contributed by atoms with Crippen LogP contribution in [-0.4, -0.2) is 14.9 Å². The molecule has 0 saturated carbocycles. The maximum absolute atomic E-state index is 10.4. The predicted molar refractivity (Wildman–Crippen MR) is 99.1 cm³/mol. The first-order valence-electron chi connectivity index (χ1n) is 6.64.